The molecule has 2 aliphatic heterocycles. The van der Waals surface area contributed by atoms with Crippen LogP contribution in [0.25, 0.3) is 11.0 Å². The van der Waals surface area contributed by atoms with Gasteiger partial charge in [-0.2, -0.15) is 5.10 Å². The van der Waals surface area contributed by atoms with Crippen LogP contribution in [0.3, 0.4) is 0 Å². The molecule has 33 heavy (non-hydrogen) atoms. The normalized spacial score (nSPS) is 18.4. The molecular weight excluding hydrogens is 512 g/mol. The predicted octanol–water partition coefficient (Wildman–Crippen LogP) is 2.51. The lowest BCUT2D eigenvalue weighted by molar-refractivity contribution is -0.131. The number of rotatable bonds is 5. The van der Waals surface area contributed by atoms with Gasteiger partial charge in [0.05, 0.1) is 33.0 Å². The van der Waals surface area contributed by atoms with Gasteiger partial charge >= 0.3 is 0 Å². The Morgan fingerprint density at radius 2 is 2.00 bits per heavy atom. The summed E-state index contributed by atoms with van der Waals surface area (Å²) in [7, 11) is 0. The second kappa shape index (κ2) is 10.1. The highest BCUT2D eigenvalue weighted by molar-refractivity contribution is 9.10. The zero-order chi connectivity index (χ0) is 22.1. The van der Waals surface area contributed by atoms with Gasteiger partial charge in [0.2, 0.25) is 5.91 Å². The standard InChI is InChI=1S/C21H25BrN8O2.ClH/c22-15-11-24-20-18(16(12-25-20)28-21(32)13-9-26-27-10-13)19(15)30-6-4-29(5-7-30)17(31)8-14-2-1-3-23-14;/h9-12,14,23H,1-8H2,(H,24,25)(H,26,27)(H,28,32);1H. The molecule has 176 valence electrons. The van der Waals surface area contributed by atoms with Crippen molar-refractivity contribution in [2.45, 2.75) is 25.3 Å². The molecule has 0 bridgehead atoms. The fourth-order valence-corrected chi connectivity index (χ4v) is 5.03. The molecule has 2 saturated heterocycles. The van der Waals surface area contributed by atoms with E-state index in [9.17, 15) is 9.59 Å². The summed E-state index contributed by atoms with van der Waals surface area (Å²) in [5, 5.41) is 13.7. The van der Waals surface area contributed by atoms with Crippen LogP contribution in [0, 0.1) is 0 Å². The smallest absolute Gasteiger partial charge is 0.258 e. The van der Waals surface area contributed by atoms with Crippen LogP contribution in [0.5, 0.6) is 0 Å². The molecule has 0 spiro atoms. The third-order valence-electron chi connectivity index (χ3n) is 6.17. The van der Waals surface area contributed by atoms with Crippen LogP contribution in [0.1, 0.15) is 29.6 Å². The SMILES string of the molecule is Cl.O=C(Nc1c[nH]c2ncc(Br)c(N3CCN(C(=O)CC4CCCN4)CC3)c12)c1cn[nH]c1. The number of pyridine rings is 1. The second-order valence-electron chi connectivity index (χ2n) is 8.19. The number of anilines is 2. The Hall–Kier alpha value is -2.63. The summed E-state index contributed by atoms with van der Waals surface area (Å²) >= 11 is 3.64. The Morgan fingerprint density at radius 1 is 1.18 bits per heavy atom. The highest BCUT2D eigenvalue weighted by Crippen LogP contribution is 2.38. The Bertz CT molecular complexity index is 1120. The van der Waals surface area contributed by atoms with Crippen LogP contribution in [-0.2, 0) is 4.79 Å². The molecule has 2 aliphatic rings. The maximum Gasteiger partial charge on any atom is 0.258 e. The molecule has 12 heteroatoms. The van der Waals surface area contributed by atoms with E-state index in [1.54, 1.807) is 18.6 Å². The van der Waals surface area contributed by atoms with Gasteiger partial charge in [0, 0.05) is 57.2 Å². The number of nitrogens with one attached hydrogen (secondary N) is 4. The molecule has 0 aromatic carbocycles. The molecular formula is C21H26BrClN8O2. The Morgan fingerprint density at radius 3 is 2.70 bits per heavy atom. The number of hydrogen-bond acceptors (Lipinski definition) is 6. The fourth-order valence-electron chi connectivity index (χ4n) is 4.48. The van der Waals surface area contributed by atoms with Gasteiger partial charge in [-0.1, -0.05) is 0 Å². The summed E-state index contributed by atoms with van der Waals surface area (Å²) in [5.41, 5.74) is 2.76. The van der Waals surface area contributed by atoms with Gasteiger partial charge in [0.1, 0.15) is 5.65 Å². The van der Waals surface area contributed by atoms with E-state index in [0.29, 0.717) is 55.5 Å². The molecule has 10 nitrogen and oxygen atoms in total. The summed E-state index contributed by atoms with van der Waals surface area (Å²) < 4.78 is 0.846. The predicted molar refractivity (Wildman–Crippen MR) is 132 cm³/mol. The van der Waals surface area contributed by atoms with Crippen molar-refractivity contribution >= 4 is 62.6 Å². The van der Waals surface area contributed by atoms with Crippen LogP contribution >= 0.6 is 28.3 Å². The Labute approximate surface area is 205 Å². The number of aromatic nitrogens is 4. The second-order valence-corrected chi connectivity index (χ2v) is 9.04. The zero-order valence-corrected chi connectivity index (χ0v) is 20.3. The summed E-state index contributed by atoms with van der Waals surface area (Å²) in [4.78, 5) is 37.1. The highest BCUT2D eigenvalue weighted by Gasteiger charge is 2.27. The third-order valence-corrected chi connectivity index (χ3v) is 6.75. The van der Waals surface area contributed by atoms with E-state index < -0.39 is 0 Å². The van der Waals surface area contributed by atoms with Crippen LogP contribution in [-0.4, -0.2) is 75.6 Å². The van der Waals surface area contributed by atoms with E-state index in [0.717, 1.165) is 34.9 Å². The van der Waals surface area contributed by atoms with Gasteiger partial charge < -0.3 is 25.4 Å². The van der Waals surface area contributed by atoms with Crippen molar-refractivity contribution in [3.8, 4) is 0 Å². The van der Waals surface area contributed by atoms with Crippen LogP contribution in [0.15, 0.2) is 29.3 Å². The summed E-state index contributed by atoms with van der Waals surface area (Å²) in [6.07, 6.45) is 9.35. The Balaban J connectivity index is 0.00000259. The third kappa shape index (κ3) is 4.85. The number of piperazine rings is 1. The molecule has 3 aromatic rings. The largest absolute Gasteiger partial charge is 0.366 e. The summed E-state index contributed by atoms with van der Waals surface area (Å²) in [5.74, 6) is -0.0285. The maximum absolute atomic E-state index is 12.7. The first kappa shape index (κ1) is 23.5. The van der Waals surface area contributed by atoms with Crippen molar-refractivity contribution in [3.05, 3.63) is 34.8 Å². The lowest BCUT2D eigenvalue weighted by atomic mass is 10.1. The first-order valence-corrected chi connectivity index (χ1v) is 11.6. The van der Waals surface area contributed by atoms with Crippen molar-refractivity contribution in [1.82, 2.24) is 30.4 Å². The molecule has 0 aliphatic carbocycles. The van der Waals surface area contributed by atoms with Crippen molar-refractivity contribution in [2.24, 2.45) is 0 Å². The molecule has 1 unspecified atom stereocenters. The average molecular weight is 538 g/mol. The number of H-pyrrole nitrogens is 2. The topological polar surface area (TPSA) is 122 Å². The number of aromatic amines is 2. The number of fused-ring (bicyclic) bond motifs is 1. The molecule has 2 amide bonds. The van der Waals surface area contributed by atoms with Crippen LogP contribution in [0.4, 0.5) is 11.4 Å². The first-order chi connectivity index (χ1) is 15.6. The molecule has 5 rings (SSSR count). The first-order valence-electron chi connectivity index (χ1n) is 10.8. The molecule has 3 aromatic heterocycles. The van der Waals surface area contributed by atoms with Gasteiger partial charge in [-0.05, 0) is 35.3 Å². The number of carbonyl (C=O) groups is 2. The summed E-state index contributed by atoms with van der Waals surface area (Å²) in [6, 6.07) is 0.316. The number of amides is 2. The van der Waals surface area contributed by atoms with Crippen LogP contribution < -0.4 is 15.5 Å². The van der Waals surface area contributed by atoms with Crippen LogP contribution in [0.2, 0.25) is 0 Å². The van der Waals surface area contributed by atoms with E-state index >= 15 is 0 Å². The fraction of sp³-hybridized carbons (Fsp3) is 0.429. The molecule has 1 atom stereocenters. The molecule has 4 N–H and O–H groups in total. The average Bonchev–Trinajstić information content (AvgIpc) is 3.57. The van der Waals surface area contributed by atoms with Gasteiger partial charge in [-0.25, -0.2) is 4.98 Å². The van der Waals surface area contributed by atoms with E-state index in [4.69, 9.17) is 0 Å². The minimum Gasteiger partial charge on any atom is -0.366 e. The maximum atomic E-state index is 12.7. The van der Waals surface area contributed by atoms with Crippen molar-refractivity contribution in [3.63, 3.8) is 0 Å². The lowest BCUT2D eigenvalue weighted by Gasteiger charge is -2.37. The molecule has 0 saturated carbocycles. The highest BCUT2D eigenvalue weighted by atomic mass is 79.9. The molecule has 0 radical (unpaired) electrons. The van der Waals surface area contributed by atoms with Gasteiger partial charge in [-0.15, -0.1) is 12.4 Å². The number of halogens is 2. The minimum absolute atomic E-state index is 0. The quantitative estimate of drug-likeness (QED) is 0.397. The van der Waals surface area contributed by atoms with Crippen molar-refractivity contribution < 1.29 is 9.59 Å². The number of carbonyl (C=O) groups excluding carboxylic acids is 2. The van der Waals surface area contributed by atoms with Crippen molar-refractivity contribution in [1.29, 1.82) is 0 Å². The summed E-state index contributed by atoms with van der Waals surface area (Å²) in [6.45, 7) is 3.77. The monoisotopic (exact) mass is 536 g/mol. The van der Waals surface area contributed by atoms with Gasteiger partial charge in [0.15, 0.2) is 0 Å². The van der Waals surface area contributed by atoms with E-state index in [2.05, 4.69) is 51.6 Å². The van der Waals surface area contributed by atoms with Gasteiger partial charge in [-0.3, -0.25) is 14.7 Å². The van der Waals surface area contributed by atoms with E-state index in [1.807, 2.05) is 4.90 Å². The molecule has 2 fully saturated rings. The van der Waals surface area contributed by atoms with Crippen molar-refractivity contribution in [2.75, 3.05) is 42.9 Å². The van der Waals surface area contributed by atoms with E-state index in [-0.39, 0.29) is 24.2 Å². The Kier molecular flexibility index (Phi) is 7.20. The number of nitrogens with zero attached hydrogens (tertiary/aromatic N) is 4. The molecule has 5 heterocycles. The minimum atomic E-state index is -0.249. The number of hydrogen-bond donors (Lipinski definition) is 4. The lowest BCUT2D eigenvalue weighted by Crippen LogP contribution is -2.49. The zero-order valence-electron chi connectivity index (χ0n) is 17.9. The van der Waals surface area contributed by atoms with Gasteiger partial charge in [0.25, 0.3) is 5.91 Å². The van der Waals surface area contributed by atoms with E-state index in [1.165, 1.54) is 6.20 Å².